The van der Waals surface area contributed by atoms with Crippen molar-refractivity contribution in [3.63, 3.8) is 0 Å². The number of nitrogens with one attached hydrogen (secondary N) is 2. The number of para-hydroxylation sites is 1. The average molecular weight is 415 g/mol. The summed E-state index contributed by atoms with van der Waals surface area (Å²) in [5.74, 6) is -1.10. The van der Waals surface area contributed by atoms with Crippen LogP contribution in [0.3, 0.4) is 0 Å². The summed E-state index contributed by atoms with van der Waals surface area (Å²) in [5.41, 5.74) is -2.20. The summed E-state index contributed by atoms with van der Waals surface area (Å²) in [6, 6.07) is 6.71. The Hall–Kier alpha value is -3.37. The van der Waals surface area contributed by atoms with E-state index >= 15 is 0 Å². The van der Waals surface area contributed by atoms with E-state index in [4.69, 9.17) is 4.74 Å². The van der Waals surface area contributed by atoms with Crippen molar-refractivity contribution in [1.29, 1.82) is 0 Å². The molecular weight excluding hydrogens is 398 g/mol. The van der Waals surface area contributed by atoms with Crippen molar-refractivity contribution in [2.45, 2.75) is 19.1 Å². The molecule has 0 fully saturated rings. The second-order valence-electron chi connectivity index (χ2n) is 5.92. The summed E-state index contributed by atoms with van der Waals surface area (Å²) >= 11 is 0. The third kappa shape index (κ3) is 6.06. The lowest BCUT2D eigenvalue weighted by Crippen LogP contribution is -2.39. The van der Waals surface area contributed by atoms with Crippen LogP contribution in [0.1, 0.15) is 12.5 Å². The second kappa shape index (κ2) is 9.22. The number of ether oxygens (including phenoxy) is 1. The van der Waals surface area contributed by atoms with E-state index < -0.39 is 40.1 Å². The Morgan fingerprint density at radius 2 is 1.93 bits per heavy atom. The largest absolute Gasteiger partial charge is 0.489 e. The Labute approximate surface area is 162 Å². The summed E-state index contributed by atoms with van der Waals surface area (Å²) in [7, 11) is 0. The van der Waals surface area contributed by atoms with E-state index in [9.17, 15) is 32.5 Å². The second-order valence-corrected chi connectivity index (χ2v) is 5.92. The van der Waals surface area contributed by atoms with Gasteiger partial charge in [-0.2, -0.15) is 13.2 Å². The number of nitro groups is 1. The van der Waals surface area contributed by atoms with Gasteiger partial charge in [0.05, 0.1) is 17.0 Å². The molecule has 0 aromatic heterocycles. The van der Waals surface area contributed by atoms with Gasteiger partial charge in [0.25, 0.3) is 5.69 Å². The number of alkyl halides is 3. The molecule has 29 heavy (non-hydrogen) atoms. The van der Waals surface area contributed by atoms with Gasteiger partial charge in [-0.05, 0) is 31.2 Å². The van der Waals surface area contributed by atoms with Crippen molar-refractivity contribution in [2.75, 3.05) is 18.5 Å². The van der Waals surface area contributed by atoms with Crippen molar-refractivity contribution >= 4 is 17.3 Å². The van der Waals surface area contributed by atoms with Gasteiger partial charge in [-0.25, -0.2) is 4.39 Å². The molecule has 2 N–H and O–H groups in total. The number of hydrogen-bond acceptors (Lipinski definition) is 5. The van der Waals surface area contributed by atoms with Gasteiger partial charge in [0, 0.05) is 6.07 Å². The standard InChI is InChI=1S/C18H17F4N3O4/c1-11(17(26)23-8-9-29-16-5-3-2-4-13(16)19)24-14-7-6-12(18(20,21)22)10-15(14)25(27)28/h2-7,10-11,24H,8-9H2,1H3,(H,23,26)/t11-/m0/s1. The van der Waals surface area contributed by atoms with E-state index in [1.54, 1.807) is 6.07 Å². The van der Waals surface area contributed by atoms with Crippen LogP contribution in [-0.4, -0.2) is 30.0 Å². The van der Waals surface area contributed by atoms with Crippen LogP contribution in [0.25, 0.3) is 0 Å². The minimum atomic E-state index is -4.73. The third-order valence-corrected chi connectivity index (χ3v) is 3.78. The Morgan fingerprint density at radius 3 is 2.55 bits per heavy atom. The number of benzene rings is 2. The van der Waals surface area contributed by atoms with E-state index in [2.05, 4.69) is 10.6 Å². The molecule has 0 aliphatic rings. The number of carbonyl (C=O) groups excluding carboxylic acids is 1. The van der Waals surface area contributed by atoms with Crippen LogP contribution in [0, 0.1) is 15.9 Å². The minimum absolute atomic E-state index is 0.0216. The van der Waals surface area contributed by atoms with Gasteiger partial charge in [0.2, 0.25) is 5.91 Å². The fourth-order valence-electron chi connectivity index (χ4n) is 2.33. The molecule has 7 nitrogen and oxygen atoms in total. The number of hydrogen-bond donors (Lipinski definition) is 2. The molecule has 0 aliphatic heterocycles. The van der Waals surface area contributed by atoms with Crippen LogP contribution in [-0.2, 0) is 11.0 Å². The van der Waals surface area contributed by atoms with E-state index in [0.29, 0.717) is 12.1 Å². The monoisotopic (exact) mass is 415 g/mol. The first-order valence-corrected chi connectivity index (χ1v) is 8.37. The Bertz CT molecular complexity index is 890. The van der Waals surface area contributed by atoms with Gasteiger partial charge in [-0.1, -0.05) is 12.1 Å². The van der Waals surface area contributed by atoms with Crippen molar-refractivity contribution < 1.29 is 32.0 Å². The number of amides is 1. The maximum Gasteiger partial charge on any atom is 0.416 e. The maximum atomic E-state index is 13.4. The minimum Gasteiger partial charge on any atom is -0.489 e. The van der Waals surface area contributed by atoms with Gasteiger partial charge in [0.1, 0.15) is 18.3 Å². The number of carbonyl (C=O) groups is 1. The number of nitro benzene ring substituents is 1. The number of anilines is 1. The molecule has 2 rings (SSSR count). The van der Waals surface area contributed by atoms with Gasteiger partial charge < -0.3 is 15.4 Å². The van der Waals surface area contributed by atoms with Gasteiger partial charge >= 0.3 is 6.18 Å². The zero-order valence-electron chi connectivity index (χ0n) is 15.1. The zero-order valence-corrected chi connectivity index (χ0v) is 15.1. The zero-order chi connectivity index (χ0) is 21.6. The maximum absolute atomic E-state index is 13.4. The predicted molar refractivity (Wildman–Crippen MR) is 96.1 cm³/mol. The highest BCUT2D eigenvalue weighted by molar-refractivity contribution is 5.85. The van der Waals surface area contributed by atoms with Crippen LogP contribution in [0.5, 0.6) is 5.75 Å². The predicted octanol–water partition coefficient (Wildman–Crippen LogP) is 3.75. The lowest BCUT2D eigenvalue weighted by atomic mass is 10.1. The molecular formula is C18H17F4N3O4. The number of nitrogens with zero attached hydrogens (tertiary/aromatic N) is 1. The van der Waals surface area contributed by atoms with Gasteiger partial charge in [-0.3, -0.25) is 14.9 Å². The molecule has 0 heterocycles. The number of halogens is 4. The van der Waals surface area contributed by atoms with E-state index in [1.165, 1.54) is 25.1 Å². The fraction of sp³-hybridized carbons (Fsp3) is 0.278. The molecule has 1 atom stereocenters. The summed E-state index contributed by atoms with van der Waals surface area (Å²) in [6.45, 7) is 1.38. The van der Waals surface area contributed by atoms with Gasteiger partial charge in [-0.15, -0.1) is 0 Å². The van der Waals surface area contributed by atoms with Crippen LogP contribution >= 0.6 is 0 Å². The molecule has 0 aliphatic carbocycles. The Balaban J connectivity index is 1.93. The molecule has 2 aromatic rings. The molecule has 0 saturated heterocycles. The van der Waals surface area contributed by atoms with Crippen LogP contribution in [0.2, 0.25) is 0 Å². The first-order chi connectivity index (χ1) is 13.6. The van der Waals surface area contributed by atoms with E-state index in [1.807, 2.05) is 0 Å². The molecule has 1 amide bonds. The molecule has 0 bridgehead atoms. The van der Waals surface area contributed by atoms with Crippen LogP contribution < -0.4 is 15.4 Å². The molecule has 11 heteroatoms. The fourth-order valence-corrected chi connectivity index (χ4v) is 2.33. The normalized spacial score (nSPS) is 12.2. The van der Waals surface area contributed by atoms with Gasteiger partial charge in [0.15, 0.2) is 11.6 Å². The van der Waals surface area contributed by atoms with Crippen molar-refractivity contribution in [1.82, 2.24) is 5.32 Å². The highest BCUT2D eigenvalue weighted by Gasteiger charge is 2.33. The topological polar surface area (TPSA) is 93.5 Å². The SMILES string of the molecule is C[C@H](Nc1ccc(C(F)(F)F)cc1[N+](=O)[O-])C(=O)NCCOc1ccccc1F. The molecule has 0 spiro atoms. The van der Waals surface area contributed by atoms with Crippen molar-refractivity contribution in [2.24, 2.45) is 0 Å². The lowest BCUT2D eigenvalue weighted by Gasteiger charge is -2.16. The third-order valence-electron chi connectivity index (χ3n) is 3.78. The van der Waals surface area contributed by atoms with E-state index in [-0.39, 0.29) is 24.6 Å². The highest BCUT2D eigenvalue weighted by atomic mass is 19.4. The lowest BCUT2D eigenvalue weighted by molar-refractivity contribution is -0.384. The van der Waals surface area contributed by atoms with Crippen molar-refractivity contribution in [3.8, 4) is 5.75 Å². The first-order valence-electron chi connectivity index (χ1n) is 8.37. The van der Waals surface area contributed by atoms with E-state index in [0.717, 1.165) is 6.07 Å². The van der Waals surface area contributed by atoms with Crippen LogP contribution in [0.4, 0.5) is 28.9 Å². The van der Waals surface area contributed by atoms with Crippen LogP contribution in [0.15, 0.2) is 42.5 Å². The summed E-state index contributed by atoms with van der Waals surface area (Å²) in [6.07, 6.45) is -4.73. The summed E-state index contributed by atoms with van der Waals surface area (Å²) in [4.78, 5) is 22.2. The smallest absolute Gasteiger partial charge is 0.416 e. The highest BCUT2D eigenvalue weighted by Crippen LogP contribution is 2.35. The van der Waals surface area contributed by atoms with Crippen molar-refractivity contribution in [3.05, 3.63) is 64.0 Å². The first kappa shape index (κ1) is 21.9. The average Bonchev–Trinajstić information content (AvgIpc) is 2.65. The molecule has 0 unspecified atom stereocenters. The summed E-state index contributed by atoms with van der Waals surface area (Å²) in [5, 5.41) is 16.1. The molecule has 0 radical (unpaired) electrons. The molecule has 2 aromatic carbocycles. The molecule has 156 valence electrons. The quantitative estimate of drug-likeness (QED) is 0.297. The number of rotatable bonds is 8. The molecule has 0 saturated carbocycles. The Kier molecular flexibility index (Phi) is 6.97. The summed E-state index contributed by atoms with van der Waals surface area (Å²) < 4.78 is 56.8. The Morgan fingerprint density at radius 1 is 1.24 bits per heavy atom.